The number of amides is 2. The van der Waals surface area contributed by atoms with E-state index in [0.717, 1.165) is 30.7 Å². The van der Waals surface area contributed by atoms with E-state index in [-0.39, 0.29) is 12.1 Å². The van der Waals surface area contributed by atoms with Crippen LogP contribution in [0.1, 0.15) is 47.4 Å². The van der Waals surface area contributed by atoms with Gasteiger partial charge in [0, 0.05) is 10.6 Å². The zero-order valence-electron chi connectivity index (χ0n) is 17.6. The molecule has 3 aromatic rings. The Kier molecular flexibility index (Phi) is 6.38. The molecule has 1 heterocycles. The van der Waals surface area contributed by atoms with Gasteiger partial charge in [-0.25, -0.2) is 4.79 Å². The Bertz CT molecular complexity index is 996. The van der Waals surface area contributed by atoms with Crippen LogP contribution in [0.3, 0.4) is 0 Å². The summed E-state index contributed by atoms with van der Waals surface area (Å²) in [5.41, 5.74) is 4.65. The molecular formula is C25H28N2O2S. The Morgan fingerprint density at radius 1 is 1.17 bits per heavy atom. The van der Waals surface area contributed by atoms with Crippen LogP contribution in [0.25, 0.3) is 0 Å². The largest absolute Gasteiger partial charge is 0.494 e. The fraction of sp³-hybridized carbons (Fsp3) is 0.320. The predicted octanol–water partition coefficient (Wildman–Crippen LogP) is 6.57. The van der Waals surface area contributed by atoms with Crippen molar-refractivity contribution < 1.29 is 9.53 Å². The number of carbonyl (C=O) groups is 1. The minimum atomic E-state index is -0.0614. The van der Waals surface area contributed by atoms with E-state index in [4.69, 9.17) is 4.74 Å². The lowest BCUT2D eigenvalue weighted by atomic mass is 9.87. The van der Waals surface area contributed by atoms with E-state index < -0.39 is 0 Å². The second-order valence-electron chi connectivity index (χ2n) is 7.65. The van der Waals surface area contributed by atoms with Gasteiger partial charge in [-0.15, -0.1) is 11.3 Å². The molecule has 0 saturated carbocycles. The number of anilines is 1. The standard InChI is InChI=1S/C25H28N2O2S/c1-3-29-21-13-11-20(12-14-21)26-25(28)27(17-24-18(2)15-16-30-24)23-10-6-8-19-7-4-5-9-22(19)23/h4-5,7,9,11-16,23H,3,6,8,10,17H2,1-2H3,(H,26,28). The quantitative estimate of drug-likeness (QED) is 0.490. The normalized spacial score (nSPS) is 15.3. The van der Waals surface area contributed by atoms with E-state index in [9.17, 15) is 4.79 Å². The molecule has 5 heteroatoms. The van der Waals surface area contributed by atoms with E-state index in [2.05, 4.69) is 48.0 Å². The van der Waals surface area contributed by atoms with Crippen LogP contribution in [0.15, 0.2) is 60.0 Å². The zero-order chi connectivity index (χ0) is 20.9. The third kappa shape index (κ3) is 4.51. The van der Waals surface area contributed by atoms with Gasteiger partial charge in [0.25, 0.3) is 0 Å². The molecule has 4 nitrogen and oxygen atoms in total. The summed E-state index contributed by atoms with van der Waals surface area (Å²) in [5, 5.41) is 5.21. The van der Waals surface area contributed by atoms with Crippen LogP contribution < -0.4 is 10.1 Å². The summed E-state index contributed by atoms with van der Waals surface area (Å²) < 4.78 is 5.51. The van der Waals surface area contributed by atoms with Crippen molar-refractivity contribution in [2.24, 2.45) is 0 Å². The number of hydrogen-bond donors (Lipinski definition) is 1. The number of urea groups is 1. The fourth-order valence-corrected chi connectivity index (χ4v) is 5.00. The second-order valence-corrected chi connectivity index (χ2v) is 8.65. The Morgan fingerprint density at radius 3 is 2.70 bits per heavy atom. The maximum Gasteiger partial charge on any atom is 0.322 e. The summed E-state index contributed by atoms with van der Waals surface area (Å²) in [5.74, 6) is 0.808. The van der Waals surface area contributed by atoms with E-state index in [1.807, 2.05) is 36.1 Å². The molecule has 1 unspecified atom stereocenters. The van der Waals surface area contributed by atoms with Gasteiger partial charge in [0.05, 0.1) is 19.2 Å². The highest BCUT2D eigenvalue weighted by atomic mass is 32.1. The molecule has 0 aliphatic heterocycles. The molecule has 0 bridgehead atoms. The number of ether oxygens (including phenoxy) is 1. The van der Waals surface area contributed by atoms with Gasteiger partial charge in [0.15, 0.2) is 0 Å². The van der Waals surface area contributed by atoms with Crippen molar-refractivity contribution in [2.75, 3.05) is 11.9 Å². The van der Waals surface area contributed by atoms with Crippen LogP contribution in [-0.2, 0) is 13.0 Å². The topological polar surface area (TPSA) is 41.6 Å². The van der Waals surface area contributed by atoms with Crippen LogP contribution in [0.2, 0.25) is 0 Å². The van der Waals surface area contributed by atoms with Crippen molar-refractivity contribution in [3.63, 3.8) is 0 Å². The Hall–Kier alpha value is -2.79. The summed E-state index contributed by atoms with van der Waals surface area (Å²) in [7, 11) is 0. The van der Waals surface area contributed by atoms with Gasteiger partial charge in [0.1, 0.15) is 5.75 Å². The molecule has 0 saturated heterocycles. The van der Waals surface area contributed by atoms with Gasteiger partial charge < -0.3 is 15.0 Å². The molecular weight excluding hydrogens is 392 g/mol. The average molecular weight is 421 g/mol. The smallest absolute Gasteiger partial charge is 0.322 e. The highest BCUT2D eigenvalue weighted by molar-refractivity contribution is 7.10. The predicted molar refractivity (Wildman–Crippen MR) is 123 cm³/mol. The number of fused-ring (bicyclic) bond motifs is 1. The molecule has 1 aromatic heterocycles. The van der Waals surface area contributed by atoms with E-state index in [0.29, 0.717) is 13.2 Å². The van der Waals surface area contributed by atoms with E-state index in [1.165, 1.54) is 21.6 Å². The minimum absolute atomic E-state index is 0.0614. The molecule has 0 radical (unpaired) electrons. The van der Waals surface area contributed by atoms with Crippen molar-refractivity contribution in [2.45, 2.75) is 45.7 Å². The van der Waals surface area contributed by atoms with E-state index >= 15 is 0 Å². The van der Waals surface area contributed by atoms with Crippen LogP contribution in [0.4, 0.5) is 10.5 Å². The molecule has 0 spiro atoms. The average Bonchev–Trinajstić information content (AvgIpc) is 3.17. The van der Waals surface area contributed by atoms with Crippen LogP contribution in [0.5, 0.6) is 5.75 Å². The van der Waals surface area contributed by atoms with Crippen LogP contribution in [0, 0.1) is 6.92 Å². The van der Waals surface area contributed by atoms with Gasteiger partial charge >= 0.3 is 6.03 Å². The number of hydrogen-bond acceptors (Lipinski definition) is 3. The number of benzene rings is 2. The molecule has 1 aliphatic carbocycles. The molecule has 1 aliphatic rings. The van der Waals surface area contributed by atoms with Gasteiger partial charge in [-0.2, -0.15) is 0 Å². The summed E-state index contributed by atoms with van der Waals surface area (Å²) in [6.45, 7) is 5.32. The van der Waals surface area contributed by atoms with E-state index in [1.54, 1.807) is 11.3 Å². The Morgan fingerprint density at radius 2 is 1.97 bits per heavy atom. The number of nitrogens with zero attached hydrogens (tertiary/aromatic N) is 1. The first-order chi connectivity index (χ1) is 14.7. The SMILES string of the molecule is CCOc1ccc(NC(=O)N(Cc2sccc2C)C2CCCc3ccccc32)cc1. The van der Waals surface area contributed by atoms with Crippen molar-refractivity contribution >= 4 is 23.1 Å². The van der Waals surface area contributed by atoms with Crippen molar-refractivity contribution in [3.8, 4) is 5.75 Å². The Balaban J connectivity index is 1.60. The summed E-state index contributed by atoms with van der Waals surface area (Å²) in [6.07, 6.45) is 3.16. The highest BCUT2D eigenvalue weighted by Gasteiger charge is 2.30. The summed E-state index contributed by atoms with van der Waals surface area (Å²) >= 11 is 1.72. The third-order valence-corrected chi connectivity index (χ3v) is 6.68. The van der Waals surface area contributed by atoms with Crippen molar-refractivity contribution in [3.05, 3.63) is 81.5 Å². The van der Waals surface area contributed by atoms with Gasteiger partial charge in [-0.3, -0.25) is 0 Å². The number of aryl methyl sites for hydroxylation is 2. The monoisotopic (exact) mass is 420 g/mol. The van der Waals surface area contributed by atoms with Gasteiger partial charge in [-0.05, 0) is 85.5 Å². The first kappa shape index (κ1) is 20.5. The lowest BCUT2D eigenvalue weighted by Crippen LogP contribution is -2.39. The van der Waals surface area contributed by atoms with Crippen molar-refractivity contribution in [1.29, 1.82) is 0 Å². The number of nitrogens with one attached hydrogen (secondary N) is 1. The Labute approximate surface area is 182 Å². The third-order valence-electron chi connectivity index (χ3n) is 5.67. The molecule has 30 heavy (non-hydrogen) atoms. The van der Waals surface area contributed by atoms with Crippen LogP contribution in [-0.4, -0.2) is 17.5 Å². The molecule has 1 N–H and O–H groups in total. The van der Waals surface area contributed by atoms with Crippen molar-refractivity contribution in [1.82, 2.24) is 4.90 Å². The van der Waals surface area contributed by atoms with Crippen LogP contribution >= 0.6 is 11.3 Å². The molecule has 4 rings (SSSR count). The first-order valence-corrected chi connectivity index (χ1v) is 11.4. The maximum atomic E-state index is 13.5. The molecule has 2 amide bonds. The number of carbonyl (C=O) groups excluding carboxylic acids is 1. The molecule has 156 valence electrons. The number of thiophene rings is 1. The summed E-state index contributed by atoms with van der Waals surface area (Å²) in [4.78, 5) is 16.7. The summed E-state index contributed by atoms with van der Waals surface area (Å²) in [6, 6.07) is 18.3. The molecule has 2 aromatic carbocycles. The second kappa shape index (κ2) is 9.35. The fourth-order valence-electron chi connectivity index (χ4n) is 4.09. The lowest BCUT2D eigenvalue weighted by molar-refractivity contribution is 0.176. The molecule has 0 fully saturated rings. The maximum absolute atomic E-state index is 13.5. The molecule has 1 atom stereocenters. The number of rotatable bonds is 6. The first-order valence-electron chi connectivity index (χ1n) is 10.6. The van der Waals surface area contributed by atoms with Gasteiger partial charge in [0.2, 0.25) is 0 Å². The zero-order valence-corrected chi connectivity index (χ0v) is 18.4. The van der Waals surface area contributed by atoms with Gasteiger partial charge in [-0.1, -0.05) is 24.3 Å². The lowest BCUT2D eigenvalue weighted by Gasteiger charge is -2.36. The highest BCUT2D eigenvalue weighted by Crippen LogP contribution is 2.36. The minimum Gasteiger partial charge on any atom is -0.494 e.